The quantitative estimate of drug-likeness (QED) is 0.0368. The number of fused-ring (bicyclic) bond motifs is 2. The summed E-state index contributed by atoms with van der Waals surface area (Å²) in [6, 6.07) is 21.0. The van der Waals surface area contributed by atoms with Crippen molar-refractivity contribution in [2.45, 2.75) is 78.6 Å². The molecule has 1 saturated heterocycles. The van der Waals surface area contributed by atoms with Crippen LogP contribution in [0.2, 0.25) is 0 Å². The Balaban J connectivity index is 0.000000282. The summed E-state index contributed by atoms with van der Waals surface area (Å²) < 4.78 is 93.7. The Labute approximate surface area is 564 Å². The highest BCUT2D eigenvalue weighted by molar-refractivity contribution is 8.75. The molecule has 3 amide bonds. The topological polar surface area (TPSA) is 193 Å². The summed E-state index contributed by atoms with van der Waals surface area (Å²) >= 11 is 9.38. The number of rotatable bonds is 13. The van der Waals surface area contributed by atoms with Crippen LogP contribution in [0.1, 0.15) is 89.7 Å². The highest BCUT2D eigenvalue weighted by Gasteiger charge is 2.36. The minimum absolute atomic E-state index is 0. The molecule has 10 rings (SSSR count). The molecule has 5 aromatic carbocycles. The highest BCUT2D eigenvalue weighted by Crippen LogP contribution is 2.49. The zero-order valence-electron chi connectivity index (χ0n) is 49.3. The van der Waals surface area contributed by atoms with Crippen molar-refractivity contribution in [3.8, 4) is 28.3 Å². The molecule has 91 heavy (non-hydrogen) atoms. The van der Waals surface area contributed by atoms with Crippen molar-refractivity contribution < 1.29 is 50.3 Å². The van der Waals surface area contributed by atoms with Gasteiger partial charge in [0.25, 0.3) is 5.69 Å². The molecule has 3 heterocycles. The first kappa shape index (κ1) is 78.7. The van der Waals surface area contributed by atoms with Gasteiger partial charge in [0.05, 0.1) is 27.3 Å². The lowest BCUT2D eigenvalue weighted by molar-refractivity contribution is -0.384. The number of carbonyl (C=O) groups excluding carboxylic acids is 2. The van der Waals surface area contributed by atoms with Crippen molar-refractivity contribution >= 4 is 151 Å². The van der Waals surface area contributed by atoms with Crippen LogP contribution < -0.4 is 26.4 Å². The molecule has 7 N–H and O–H groups in total. The number of carbonyl (C=O) groups is 2. The lowest BCUT2D eigenvalue weighted by Crippen LogP contribution is -2.39. The van der Waals surface area contributed by atoms with Crippen LogP contribution in [-0.2, 0) is 116 Å². The van der Waals surface area contributed by atoms with Gasteiger partial charge in [0.1, 0.15) is 40.7 Å². The fourth-order valence-electron chi connectivity index (χ4n) is 9.90. The summed E-state index contributed by atoms with van der Waals surface area (Å²) in [5, 5.41) is 19.7. The molecule has 14 nitrogen and oxygen atoms in total. The summed E-state index contributed by atoms with van der Waals surface area (Å²) in [7, 11) is 19.3. The molecule has 1 aliphatic heterocycles. The van der Waals surface area contributed by atoms with Gasteiger partial charge >= 0.3 is 12.1 Å². The molecule has 32 heteroatoms. The number of nitrogens with zero attached hydrogens (tertiary/aromatic N) is 2. The average Bonchev–Trinajstić information content (AvgIpc) is 1.69. The second-order valence-electron chi connectivity index (χ2n) is 19.6. The minimum Gasteiger partial charge on any atom is -0.410 e. The van der Waals surface area contributed by atoms with Crippen LogP contribution in [0.3, 0.4) is 0 Å². The lowest BCUT2D eigenvalue weighted by atomic mass is 9.70. The van der Waals surface area contributed by atoms with Gasteiger partial charge < -0.3 is 46.0 Å². The Morgan fingerprint density at radius 2 is 1.02 bits per heavy atom. The molecule has 0 bridgehead atoms. The average molecular weight is 1490 g/mol. The van der Waals surface area contributed by atoms with E-state index < -0.39 is 40.1 Å². The second-order valence-corrected chi connectivity index (χ2v) is 37.3. The minimum atomic E-state index is -0.703. The predicted molar refractivity (Wildman–Crippen MR) is 386 cm³/mol. The van der Waals surface area contributed by atoms with Crippen LogP contribution in [0, 0.1) is 56.9 Å². The van der Waals surface area contributed by atoms with Crippen molar-refractivity contribution in [1.82, 2.24) is 30.8 Å². The van der Waals surface area contributed by atoms with Crippen LogP contribution in [0.5, 0.6) is 5.75 Å². The normalized spacial score (nSPS) is 15.6. The molecule has 0 unspecified atom stereocenters. The fraction of sp³-hybridized carbons (Fsp3) is 0.390. The summed E-state index contributed by atoms with van der Waals surface area (Å²) in [5.41, 5.74) is 9.12. The number of H-pyrrole nitrogens is 2. The number of aromatic nitrogens is 2. The van der Waals surface area contributed by atoms with E-state index >= 15 is 0 Å². The predicted octanol–water partition coefficient (Wildman–Crippen LogP) is 13.4. The number of hydrogen-bond donors (Lipinski definition) is 6. The van der Waals surface area contributed by atoms with E-state index in [2.05, 4.69) is 79.7 Å². The Morgan fingerprint density at radius 3 is 1.36 bits per heavy atom. The molecule has 0 radical (unpaired) electrons. The SMILES string of the molecule is C.C1CCOC1.CCN(CC)CC.CN.CNC(=O)NCC1CC(c2c(-c3ccc(F)cc3)[nH]c3c(F)cc(F)cc23)C1.O=C(NCC1CC(c2c(-c3ccc(F)cc3)[nH]c3c(F)cc(F)cc23)C1)Oc1ccc([N+](=O)[O-])cc1.S=S=S=S=S=S=S=S=S=S=S=S. The number of aromatic amines is 2. The van der Waals surface area contributed by atoms with Crippen LogP contribution in [0.25, 0.3) is 44.3 Å². The zero-order chi connectivity index (χ0) is 65.5. The zero-order valence-corrected chi connectivity index (χ0v) is 59.1. The van der Waals surface area contributed by atoms with Crippen LogP contribution in [-0.4, -0.2) is 91.9 Å². The van der Waals surface area contributed by atoms with Crippen molar-refractivity contribution in [3.05, 3.63) is 153 Å². The number of non-ortho nitro benzene ring substituents is 1. The molecule has 3 aliphatic rings. The van der Waals surface area contributed by atoms with Gasteiger partial charge in [-0.15, -0.1) is 0 Å². The van der Waals surface area contributed by atoms with E-state index in [1.807, 2.05) is 0 Å². The molecule has 3 fully saturated rings. The Bertz CT molecular complexity index is 3920. The molecule has 0 atom stereocenters. The number of hydrogen-bond acceptors (Lipinski definition) is 10. The third-order valence-electron chi connectivity index (χ3n) is 14.3. The molecule has 2 saturated carbocycles. The number of benzene rings is 5. The molecule has 2 aromatic heterocycles. The van der Waals surface area contributed by atoms with Crippen LogP contribution >= 0.6 is 0 Å². The van der Waals surface area contributed by atoms with Gasteiger partial charge in [-0.25, -0.2) is 35.9 Å². The number of nitro benzene ring substituents is 1. The van der Waals surface area contributed by atoms with E-state index in [1.165, 1.54) is 118 Å². The molecular formula is C59H72F6N8O6S12. The Hall–Kier alpha value is -4.78. The largest absolute Gasteiger partial charge is 0.412 e. The first-order valence-electron chi connectivity index (χ1n) is 28.0. The van der Waals surface area contributed by atoms with E-state index in [4.69, 9.17) is 9.47 Å². The first-order chi connectivity index (χ1) is 43.5. The van der Waals surface area contributed by atoms with Gasteiger partial charge in [-0.2, -0.15) is 0 Å². The summed E-state index contributed by atoms with van der Waals surface area (Å²) in [4.78, 5) is 42.1. The highest BCUT2D eigenvalue weighted by atomic mass is 33.4. The molecular weight excluding hydrogens is 1420 g/mol. The van der Waals surface area contributed by atoms with Crippen molar-refractivity contribution in [3.63, 3.8) is 0 Å². The standard InChI is InChI=1S/C26H20F3N3O4.C21H20F3N3O.C6H15N.C4H8O.CH5N.CH4.S12/c27-17-3-1-15(2-4-17)24-23(21-11-18(28)12-22(29)25(21)31-24)16-9-14(10-16)13-30-26(33)36-20-7-5-19(6-8-20)32(34)35;1-25-21(28)26-10-11-6-13(7-11)18-16-8-15(23)9-17(24)20(16)27-19(18)12-2-4-14(22)5-3-12;1-4-7(5-2)6-3;1-2-4-5-3-1;1-2;;1-3-5-7-9-11-12-10-8-6-4-2/h1-8,11-12,14,16,31H,9-10,13H2,(H,30,33);2-5,8-9,11,13,27H,6-7,10H2,1H3,(H2,25,26,28);4-6H2,1-3H3;1-4H2;2H2,1H3;1H4;. The Kier molecular flexibility index (Phi) is 36.8. The number of ether oxygens (including phenoxy) is 2. The summed E-state index contributed by atoms with van der Waals surface area (Å²) in [5.74, 6) is -2.75. The van der Waals surface area contributed by atoms with Crippen LogP contribution in [0.4, 0.5) is 41.6 Å². The maximum atomic E-state index is 14.5. The van der Waals surface area contributed by atoms with E-state index in [0.717, 1.165) is 54.9 Å². The number of urea groups is 1. The van der Waals surface area contributed by atoms with Gasteiger partial charge in [-0.3, -0.25) is 10.1 Å². The number of halogens is 6. The third-order valence-corrected chi connectivity index (χ3v) is 34.3. The maximum absolute atomic E-state index is 14.5. The Morgan fingerprint density at radius 1 is 0.626 bits per heavy atom. The van der Waals surface area contributed by atoms with Gasteiger partial charge in [-0.05, 0) is 184 Å². The summed E-state index contributed by atoms with van der Waals surface area (Å²) in [6.07, 6.45) is 4.79. The van der Waals surface area contributed by atoms with E-state index in [0.29, 0.717) is 59.6 Å². The first-order valence-corrected chi connectivity index (χ1v) is 42.7. The fourth-order valence-corrected chi connectivity index (χ4v) is 31.9. The smallest absolute Gasteiger partial charge is 0.410 e. The van der Waals surface area contributed by atoms with Crippen molar-refractivity contribution in [2.75, 3.05) is 60.0 Å². The lowest BCUT2D eigenvalue weighted by Gasteiger charge is -2.36. The van der Waals surface area contributed by atoms with Gasteiger partial charge in [0.15, 0.2) is 0 Å². The van der Waals surface area contributed by atoms with E-state index in [1.54, 1.807) is 102 Å². The molecule has 7 aromatic rings. The monoisotopic (exact) mass is 1490 g/mol. The van der Waals surface area contributed by atoms with Gasteiger partial charge in [-0.1, -0.05) is 28.2 Å². The molecule has 498 valence electrons. The van der Waals surface area contributed by atoms with Crippen LogP contribution in [0.15, 0.2) is 97.1 Å². The molecule has 2 aliphatic carbocycles. The number of amides is 3. The second kappa shape index (κ2) is 42.5. The third kappa shape index (κ3) is 25.1. The van der Waals surface area contributed by atoms with E-state index in [9.17, 15) is 46.0 Å². The number of nitro groups is 1. The number of nitrogens with two attached hydrogens (primary N) is 1. The maximum Gasteiger partial charge on any atom is 0.412 e. The number of nitrogens with one attached hydrogen (secondary N) is 5. The van der Waals surface area contributed by atoms with Crippen molar-refractivity contribution in [2.24, 2.45) is 17.6 Å². The van der Waals surface area contributed by atoms with E-state index in [-0.39, 0.29) is 59.5 Å². The van der Waals surface area contributed by atoms with Crippen molar-refractivity contribution in [1.29, 1.82) is 0 Å². The van der Waals surface area contributed by atoms with Gasteiger partial charge in [0, 0.05) is 180 Å². The molecule has 0 spiro atoms. The summed E-state index contributed by atoms with van der Waals surface area (Å²) in [6.45, 7) is 13.0. The van der Waals surface area contributed by atoms with Gasteiger partial charge in [0.2, 0.25) is 0 Å².